The molecular formula is C11H16F2N2O2S. The van der Waals surface area contributed by atoms with Crippen LogP contribution in [0.25, 0.3) is 0 Å². The average Bonchev–Trinajstić information content (AvgIpc) is 2.36. The van der Waals surface area contributed by atoms with Crippen LogP contribution in [0.2, 0.25) is 0 Å². The summed E-state index contributed by atoms with van der Waals surface area (Å²) in [5.41, 5.74) is 5.72. The van der Waals surface area contributed by atoms with Crippen molar-refractivity contribution in [1.29, 1.82) is 0 Å². The van der Waals surface area contributed by atoms with Crippen LogP contribution in [-0.4, -0.2) is 33.8 Å². The summed E-state index contributed by atoms with van der Waals surface area (Å²) in [5, 5.41) is 0. The molecule has 1 rings (SSSR count). The first-order chi connectivity index (χ1) is 8.32. The van der Waals surface area contributed by atoms with Gasteiger partial charge in [0, 0.05) is 19.6 Å². The quantitative estimate of drug-likeness (QED) is 0.886. The number of sulfone groups is 1. The van der Waals surface area contributed by atoms with Crippen LogP contribution in [0.3, 0.4) is 0 Å². The van der Waals surface area contributed by atoms with Crippen molar-refractivity contribution in [2.24, 2.45) is 5.73 Å². The van der Waals surface area contributed by atoms with E-state index in [-0.39, 0.29) is 16.6 Å². The normalized spacial score (nSPS) is 13.7. The molecule has 0 aliphatic heterocycles. The van der Waals surface area contributed by atoms with Crippen LogP contribution in [0.1, 0.15) is 6.92 Å². The third kappa shape index (κ3) is 2.78. The summed E-state index contributed by atoms with van der Waals surface area (Å²) in [6, 6.07) is 5.52. The smallest absolute Gasteiger partial charge is 0.341 e. The van der Waals surface area contributed by atoms with E-state index in [1.54, 1.807) is 24.9 Å². The van der Waals surface area contributed by atoms with E-state index in [2.05, 4.69) is 0 Å². The second-order valence-electron chi connectivity index (χ2n) is 3.97. The molecule has 1 unspecified atom stereocenters. The van der Waals surface area contributed by atoms with Gasteiger partial charge in [0.2, 0.25) is 9.84 Å². The highest BCUT2D eigenvalue weighted by Gasteiger charge is 2.30. The van der Waals surface area contributed by atoms with Crippen LogP contribution >= 0.6 is 0 Å². The van der Waals surface area contributed by atoms with Gasteiger partial charge in [0.25, 0.3) is 0 Å². The highest BCUT2D eigenvalue weighted by Crippen LogP contribution is 2.29. The highest BCUT2D eigenvalue weighted by molar-refractivity contribution is 7.91. The Morgan fingerprint density at radius 2 is 1.89 bits per heavy atom. The van der Waals surface area contributed by atoms with Gasteiger partial charge in [0.15, 0.2) is 0 Å². The van der Waals surface area contributed by atoms with E-state index in [0.29, 0.717) is 6.54 Å². The Kier molecular flexibility index (Phi) is 4.64. The first kappa shape index (κ1) is 14.8. The largest absolute Gasteiger partial charge is 0.370 e. The van der Waals surface area contributed by atoms with Gasteiger partial charge >= 0.3 is 5.76 Å². The Bertz CT molecular complexity index is 506. The minimum Gasteiger partial charge on any atom is -0.370 e. The number of rotatable bonds is 5. The van der Waals surface area contributed by atoms with Gasteiger partial charge in [-0.3, -0.25) is 0 Å². The molecule has 18 heavy (non-hydrogen) atoms. The Balaban J connectivity index is 3.32. The summed E-state index contributed by atoms with van der Waals surface area (Å²) >= 11 is 0. The molecule has 1 atom stereocenters. The van der Waals surface area contributed by atoms with Crippen molar-refractivity contribution < 1.29 is 17.2 Å². The molecule has 0 saturated carbocycles. The van der Waals surface area contributed by atoms with Gasteiger partial charge in [-0.15, -0.1) is 0 Å². The molecule has 0 amide bonds. The van der Waals surface area contributed by atoms with E-state index in [1.165, 1.54) is 18.2 Å². The number of anilines is 1. The minimum atomic E-state index is -4.61. The molecule has 0 aliphatic carbocycles. The van der Waals surface area contributed by atoms with Crippen molar-refractivity contribution >= 4 is 15.5 Å². The van der Waals surface area contributed by atoms with Crippen LogP contribution < -0.4 is 10.6 Å². The standard InChI is InChI=1S/C11H16F2N2O2S/c1-8(7-14)15(2)9-5-3-4-6-10(9)18(16,17)11(12)13/h3-6,8,11H,7,14H2,1-2H3. The molecule has 0 heterocycles. The fourth-order valence-corrected chi connectivity index (χ4v) is 2.44. The average molecular weight is 278 g/mol. The van der Waals surface area contributed by atoms with Gasteiger partial charge in [-0.2, -0.15) is 8.78 Å². The van der Waals surface area contributed by atoms with Crippen molar-refractivity contribution in [1.82, 2.24) is 0 Å². The van der Waals surface area contributed by atoms with Crippen LogP contribution in [0.15, 0.2) is 29.2 Å². The zero-order valence-corrected chi connectivity index (χ0v) is 11.0. The molecule has 0 aliphatic rings. The number of hydrogen-bond acceptors (Lipinski definition) is 4. The van der Waals surface area contributed by atoms with E-state index >= 15 is 0 Å². The van der Waals surface area contributed by atoms with E-state index in [9.17, 15) is 17.2 Å². The minimum absolute atomic E-state index is 0.154. The molecule has 0 fully saturated rings. The zero-order chi connectivity index (χ0) is 13.9. The fourth-order valence-electron chi connectivity index (χ4n) is 1.48. The monoisotopic (exact) mass is 278 g/mol. The van der Waals surface area contributed by atoms with Gasteiger partial charge in [-0.1, -0.05) is 12.1 Å². The van der Waals surface area contributed by atoms with Crippen LogP contribution in [0, 0.1) is 0 Å². The summed E-state index contributed by atoms with van der Waals surface area (Å²) in [4.78, 5) is 1.21. The number of para-hydroxylation sites is 1. The van der Waals surface area contributed by atoms with Crippen LogP contribution in [-0.2, 0) is 9.84 Å². The lowest BCUT2D eigenvalue weighted by molar-refractivity contribution is 0.235. The summed E-state index contributed by atoms with van der Waals surface area (Å²) in [6.45, 7) is 2.07. The molecule has 0 spiro atoms. The van der Waals surface area contributed by atoms with Gasteiger partial charge in [-0.25, -0.2) is 8.42 Å². The van der Waals surface area contributed by atoms with Crippen molar-refractivity contribution in [3.05, 3.63) is 24.3 Å². The first-order valence-electron chi connectivity index (χ1n) is 5.36. The maximum Gasteiger partial charge on any atom is 0.341 e. The van der Waals surface area contributed by atoms with Crippen LogP contribution in [0.4, 0.5) is 14.5 Å². The molecule has 7 heteroatoms. The Morgan fingerprint density at radius 1 is 1.33 bits per heavy atom. The SMILES string of the molecule is CC(CN)N(C)c1ccccc1S(=O)(=O)C(F)F. The molecule has 0 bridgehead atoms. The lowest BCUT2D eigenvalue weighted by atomic mass is 10.2. The first-order valence-corrected chi connectivity index (χ1v) is 6.91. The van der Waals surface area contributed by atoms with Gasteiger partial charge in [0.05, 0.1) is 10.6 Å². The number of alkyl halides is 2. The van der Waals surface area contributed by atoms with E-state index in [1.807, 2.05) is 0 Å². The van der Waals surface area contributed by atoms with Crippen molar-refractivity contribution in [3.8, 4) is 0 Å². The predicted molar refractivity (Wildman–Crippen MR) is 66.6 cm³/mol. The molecule has 4 nitrogen and oxygen atoms in total. The molecule has 0 aromatic heterocycles. The van der Waals surface area contributed by atoms with Gasteiger partial charge in [0.1, 0.15) is 0 Å². The Hall–Kier alpha value is -1.21. The zero-order valence-electron chi connectivity index (χ0n) is 10.2. The molecule has 1 aromatic rings. The predicted octanol–water partition coefficient (Wildman–Crippen LogP) is 1.47. The number of likely N-dealkylation sites (N-methyl/N-ethyl adjacent to an activating group) is 1. The van der Waals surface area contributed by atoms with Crippen molar-refractivity contribution in [2.75, 3.05) is 18.5 Å². The highest BCUT2D eigenvalue weighted by atomic mass is 32.2. The molecule has 0 radical (unpaired) electrons. The van der Waals surface area contributed by atoms with Gasteiger partial charge < -0.3 is 10.6 Å². The maximum absolute atomic E-state index is 12.6. The topological polar surface area (TPSA) is 63.4 Å². The summed E-state index contributed by atoms with van der Waals surface area (Å²) in [6.07, 6.45) is 0. The second kappa shape index (κ2) is 5.62. The summed E-state index contributed by atoms with van der Waals surface area (Å²) in [7, 11) is -2.99. The molecule has 1 aromatic carbocycles. The second-order valence-corrected chi connectivity index (χ2v) is 5.86. The fraction of sp³-hybridized carbons (Fsp3) is 0.455. The van der Waals surface area contributed by atoms with Crippen LogP contribution in [0.5, 0.6) is 0 Å². The van der Waals surface area contributed by atoms with E-state index in [4.69, 9.17) is 5.73 Å². The Morgan fingerprint density at radius 3 is 2.39 bits per heavy atom. The van der Waals surface area contributed by atoms with Crippen molar-refractivity contribution in [3.63, 3.8) is 0 Å². The number of nitrogens with zero attached hydrogens (tertiary/aromatic N) is 1. The number of hydrogen-bond donors (Lipinski definition) is 1. The third-order valence-electron chi connectivity index (χ3n) is 2.79. The van der Waals surface area contributed by atoms with E-state index in [0.717, 1.165) is 0 Å². The van der Waals surface area contributed by atoms with Crippen molar-refractivity contribution in [2.45, 2.75) is 23.6 Å². The molecule has 102 valence electrons. The number of halogens is 2. The summed E-state index contributed by atoms with van der Waals surface area (Å²) in [5.74, 6) is -3.43. The van der Waals surface area contributed by atoms with E-state index < -0.39 is 15.6 Å². The Labute approximate surface area is 105 Å². The lowest BCUT2D eigenvalue weighted by Gasteiger charge is -2.27. The number of benzene rings is 1. The number of nitrogens with two attached hydrogens (primary N) is 1. The lowest BCUT2D eigenvalue weighted by Crippen LogP contribution is -2.36. The van der Waals surface area contributed by atoms with Gasteiger partial charge in [-0.05, 0) is 19.1 Å². The molecular weight excluding hydrogens is 262 g/mol. The summed E-state index contributed by atoms with van der Waals surface area (Å²) < 4.78 is 48.3. The molecule has 0 saturated heterocycles. The molecule has 2 N–H and O–H groups in total. The third-order valence-corrected chi connectivity index (χ3v) is 4.22. The maximum atomic E-state index is 12.6.